The summed E-state index contributed by atoms with van der Waals surface area (Å²) >= 11 is 0. The van der Waals surface area contributed by atoms with Gasteiger partial charge in [0, 0.05) is 32.2 Å². The number of rotatable bonds is 3. The average Bonchev–Trinajstić information content (AvgIpc) is 2.39. The van der Waals surface area contributed by atoms with Gasteiger partial charge in [0.25, 0.3) is 0 Å². The Kier molecular flexibility index (Phi) is 4.13. The summed E-state index contributed by atoms with van der Waals surface area (Å²) in [6.07, 6.45) is 0. The molecule has 19 heavy (non-hydrogen) atoms. The van der Waals surface area contributed by atoms with E-state index < -0.39 is 10.0 Å². The first-order valence-corrected chi connectivity index (χ1v) is 7.89. The van der Waals surface area contributed by atoms with Crippen LogP contribution in [0.15, 0.2) is 29.2 Å². The molecule has 0 unspecified atom stereocenters. The summed E-state index contributed by atoms with van der Waals surface area (Å²) in [4.78, 5) is 2.24. The largest absolute Gasteiger partial charge is 0.507 e. The number of para-hydroxylation sites is 1. The van der Waals surface area contributed by atoms with Crippen LogP contribution in [0, 0.1) is 0 Å². The highest BCUT2D eigenvalue weighted by molar-refractivity contribution is 7.89. The minimum atomic E-state index is -3.59. The lowest BCUT2D eigenvalue weighted by Gasteiger charge is -2.36. The Morgan fingerprint density at radius 2 is 1.68 bits per heavy atom. The predicted molar refractivity (Wildman–Crippen MR) is 73.6 cm³/mol. The molecular weight excluding hydrogens is 264 g/mol. The summed E-state index contributed by atoms with van der Waals surface area (Å²) in [5.41, 5.74) is 0. The Morgan fingerprint density at radius 3 is 2.21 bits per heavy atom. The molecule has 1 aromatic carbocycles. The Morgan fingerprint density at radius 1 is 1.11 bits per heavy atom. The lowest BCUT2D eigenvalue weighted by molar-refractivity contribution is 0.154. The monoisotopic (exact) mass is 284 g/mol. The molecule has 1 aromatic rings. The van der Waals surface area contributed by atoms with Crippen molar-refractivity contribution in [3.8, 4) is 5.75 Å². The average molecular weight is 284 g/mol. The molecule has 0 atom stereocenters. The molecule has 0 aliphatic carbocycles. The topological polar surface area (TPSA) is 60.9 Å². The van der Waals surface area contributed by atoms with Crippen LogP contribution < -0.4 is 0 Å². The highest BCUT2D eigenvalue weighted by Gasteiger charge is 2.30. The van der Waals surface area contributed by atoms with Crippen LogP contribution in [0.3, 0.4) is 0 Å². The van der Waals surface area contributed by atoms with E-state index in [1.54, 1.807) is 12.1 Å². The summed E-state index contributed by atoms with van der Waals surface area (Å²) in [7, 11) is -3.59. The van der Waals surface area contributed by atoms with Gasteiger partial charge in [0.15, 0.2) is 0 Å². The first-order chi connectivity index (χ1) is 8.93. The highest BCUT2D eigenvalue weighted by Crippen LogP contribution is 2.25. The predicted octanol–water partition coefficient (Wildman–Crippen LogP) is 1.11. The van der Waals surface area contributed by atoms with Gasteiger partial charge in [0.2, 0.25) is 10.0 Å². The van der Waals surface area contributed by atoms with E-state index in [9.17, 15) is 13.5 Å². The van der Waals surface area contributed by atoms with E-state index in [-0.39, 0.29) is 10.6 Å². The standard InChI is InChI=1S/C13H20N2O3S/c1-11(2)14-7-9-15(10-8-14)19(17,18)13-6-4-3-5-12(13)16/h3-6,11,16H,7-10H2,1-2H3. The molecule has 0 amide bonds. The molecular formula is C13H20N2O3S. The fourth-order valence-electron chi connectivity index (χ4n) is 2.27. The lowest BCUT2D eigenvalue weighted by Crippen LogP contribution is -2.50. The van der Waals surface area contributed by atoms with Crippen LogP contribution in [0.5, 0.6) is 5.75 Å². The zero-order valence-electron chi connectivity index (χ0n) is 11.3. The van der Waals surface area contributed by atoms with Gasteiger partial charge in [-0.2, -0.15) is 4.31 Å². The zero-order chi connectivity index (χ0) is 14.0. The normalized spacial score (nSPS) is 18.9. The van der Waals surface area contributed by atoms with E-state index in [1.807, 2.05) is 0 Å². The van der Waals surface area contributed by atoms with Crippen LogP contribution in [0.25, 0.3) is 0 Å². The Bertz CT molecular complexity index is 535. The van der Waals surface area contributed by atoms with E-state index in [4.69, 9.17) is 0 Å². The molecule has 1 saturated heterocycles. The highest BCUT2D eigenvalue weighted by atomic mass is 32.2. The van der Waals surface area contributed by atoms with Gasteiger partial charge >= 0.3 is 0 Å². The van der Waals surface area contributed by atoms with Gasteiger partial charge in [-0.05, 0) is 26.0 Å². The maximum absolute atomic E-state index is 12.4. The summed E-state index contributed by atoms with van der Waals surface area (Å²) in [6.45, 7) is 6.60. The number of hydrogen-bond donors (Lipinski definition) is 1. The molecule has 0 aromatic heterocycles. The zero-order valence-corrected chi connectivity index (χ0v) is 12.1. The fourth-order valence-corrected chi connectivity index (χ4v) is 3.78. The van der Waals surface area contributed by atoms with Crippen LogP contribution in [0.1, 0.15) is 13.8 Å². The molecule has 106 valence electrons. The van der Waals surface area contributed by atoms with Crippen LogP contribution in [0.4, 0.5) is 0 Å². The van der Waals surface area contributed by atoms with Crippen molar-refractivity contribution in [1.29, 1.82) is 0 Å². The SMILES string of the molecule is CC(C)N1CCN(S(=O)(=O)c2ccccc2O)CC1. The molecule has 0 bridgehead atoms. The number of phenols is 1. The molecule has 1 aliphatic rings. The second-order valence-corrected chi connectivity index (χ2v) is 6.91. The van der Waals surface area contributed by atoms with E-state index in [0.717, 1.165) is 13.1 Å². The Balaban J connectivity index is 2.17. The van der Waals surface area contributed by atoms with E-state index in [1.165, 1.54) is 16.4 Å². The number of benzene rings is 1. The number of piperazine rings is 1. The van der Waals surface area contributed by atoms with Crippen molar-refractivity contribution in [2.24, 2.45) is 0 Å². The van der Waals surface area contributed by atoms with Crippen molar-refractivity contribution in [1.82, 2.24) is 9.21 Å². The van der Waals surface area contributed by atoms with Crippen LogP contribution in [-0.4, -0.2) is 55.0 Å². The van der Waals surface area contributed by atoms with Gasteiger partial charge in [0.05, 0.1) is 0 Å². The second-order valence-electron chi connectivity index (χ2n) is 5.00. The van der Waals surface area contributed by atoms with Crippen molar-refractivity contribution in [2.75, 3.05) is 26.2 Å². The first kappa shape index (κ1) is 14.3. The van der Waals surface area contributed by atoms with Gasteiger partial charge in [-0.25, -0.2) is 8.42 Å². The Labute approximate surface area is 114 Å². The van der Waals surface area contributed by atoms with Crippen molar-refractivity contribution in [2.45, 2.75) is 24.8 Å². The summed E-state index contributed by atoms with van der Waals surface area (Å²) < 4.78 is 26.3. The van der Waals surface area contributed by atoms with E-state index in [2.05, 4.69) is 18.7 Å². The summed E-state index contributed by atoms with van der Waals surface area (Å²) in [6, 6.07) is 6.51. The molecule has 2 rings (SSSR count). The van der Waals surface area contributed by atoms with Crippen molar-refractivity contribution < 1.29 is 13.5 Å². The molecule has 1 aliphatic heterocycles. The summed E-state index contributed by atoms with van der Waals surface area (Å²) in [5.74, 6) is -0.186. The molecule has 5 nitrogen and oxygen atoms in total. The fraction of sp³-hybridized carbons (Fsp3) is 0.538. The minimum Gasteiger partial charge on any atom is -0.507 e. The maximum atomic E-state index is 12.4. The van der Waals surface area contributed by atoms with E-state index >= 15 is 0 Å². The maximum Gasteiger partial charge on any atom is 0.246 e. The lowest BCUT2D eigenvalue weighted by atomic mass is 10.3. The number of sulfonamides is 1. The number of hydrogen-bond acceptors (Lipinski definition) is 4. The van der Waals surface area contributed by atoms with Gasteiger partial charge in [0.1, 0.15) is 10.6 Å². The molecule has 1 fully saturated rings. The smallest absolute Gasteiger partial charge is 0.246 e. The molecule has 1 heterocycles. The molecule has 1 N–H and O–H groups in total. The minimum absolute atomic E-state index is 0.00648. The molecule has 6 heteroatoms. The number of aromatic hydroxyl groups is 1. The molecule has 0 radical (unpaired) electrons. The molecule has 0 saturated carbocycles. The third-order valence-electron chi connectivity index (χ3n) is 3.49. The van der Waals surface area contributed by atoms with Crippen molar-refractivity contribution in [3.63, 3.8) is 0 Å². The van der Waals surface area contributed by atoms with Gasteiger partial charge < -0.3 is 5.11 Å². The van der Waals surface area contributed by atoms with Gasteiger partial charge in [-0.15, -0.1) is 0 Å². The number of nitrogens with zero attached hydrogens (tertiary/aromatic N) is 2. The summed E-state index contributed by atoms with van der Waals surface area (Å²) in [5, 5.41) is 9.70. The first-order valence-electron chi connectivity index (χ1n) is 6.45. The number of phenolic OH excluding ortho intramolecular Hbond substituents is 1. The van der Waals surface area contributed by atoms with Gasteiger partial charge in [-0.1, -0.05) is 12.1 Å². The van der Waals surface area contributed by atoms with Crippen LogP contribution in [0.2, 0.25) is 0 Å². The van der Waals surface area contributed by atoms with Crippen LogP contribution >= 0.6 is 0 Å². The van der Waals surface area contributed by atoms with E-state index in [0.29, 0.717) is 19.1 Å². The Hall–Kier alpha value is -1.11. The van der Waals surface area contributed by atoms with Gasteiger partial charge in [-0.3, -0.25) is 4.90 Å². The molecule has 0 spiro atoms. The van der Waals surface area contributed by atoms with Crippen molar-refractivity contribution in [3.05, 3.63) is 24.3 Å². The second kappa shape index (κ2) is 5.48. The van der Waals surface area contributed by atoms with Crippen LogP contribution in [-0.2, 0) is 10.0 Å². The third kappa shape index (κ3) is 2.91. The quantitative estimate of drug-likeness (QED) is 0.903. The van der Waals surface area contributed by atoms with Crippen molar-refractivity contribution >= 4 is 10.0 Å². The third-order valence-corrected chi connectivity index (χ3v) is 5.43.